The second-order valence-electron chi connectivity index (χ2n) is 12.7. The van der Waals surface area contributed by atoms with Gasteiger partial charge in [0, 0.05) is 17.0 Å². The van der Waals surface area contributed by atoms with Crippen LogP contribution in [-0.2, 0) is 16.1 Å². The molecule has 0 spiro atoms. The number of aromatic amines is 2. The molecule has 0 saturated carbocycles. The Morgan fingerprint density at radius 3 is 2.76 bits per heavy atom. The van der Waals surface area contributed by atoms with Crippen molar-refractivity contribution in [2.24, 2.45) is 0 Å². The van der Waals surface area contributed by atoms with Crippen molar-refractivity contribution in [3.63, 3.8) is 0 Å². The molecule has 46 heavy (non-hydrogen) atoms. The molecule has 0 aliphatic carbocycles. The Kier molecular flexibility index (Phi) is 6.93. The minimum atomic E-state index is -0.624. The van der Waals surface area contributed by atoms with E-state index in [1.54, 1.807) is 0 Å². The van der Waals surface area contributed by atoms with Crippen molar-refractivity contribution in [3.05, 3.63) is 65.9 Å². The molecule has 0 radical (unpaired) electrons. The first-order valence-electron chi connectivity index (χ1n) is 16.0. The summed E-state index contributed by atoms with van der Waals surface area (Å²) in [5, 5.41) is 4.76. The van der Waals surface area contributed by atoms with E-state index in [-0.39, 0.29) is 24.5 Å². The molecular weight excluding hydrogens is 582 g/mol. The van der Waals surface area contributed by atoms with Crippen LogP contribution in [0.25, 0.3) is 44.2 Å². The Labute approximate surface area is 266 Å². The van der Waals surface area contributed by atoms with Gasteiger partial charge in [0.2, 0.25) is 5.91 Å². The SMILES string of the molecule is COC(=O)NCC(=O)N1C(c2ncc(-c3ccc4c(c3)COc3cc5c(ccc6nc(C7CCCN7C)[nH]c65)cc3-4)[nH]2)CC[C@@H]1C. The summed E-state index contributed by atoms with van der Waals surface area (Å²) in [6.45, 7) is 3.47. The van der Waals surface area contributed by atoms with Crippen molar-refractivity contribution in [1.29, 1.82) is 0 Å². The molecule has 2 aromatic heterocycles. The average molecular weight is 620 g/mol. The minimum absolute atomic E-state index is 0.0444. The summed E-state index contributed by atoms with van der Waals surface area (Å²) >= 11 is 0. The number of nitrogens with one attached hydrogen (secondary N) is 3. The van der Waals surface area contributed by atoms with E-state index < -0.39 is 6.09 Å². The van der Waals surface area contributed by atoms with E-state index in [1.165, 1.54) is 13.5 Å². The molecule has 3 aliphatic heterocycles. The van der Waals surface area contributed by atoms with Crippen LogP contribution >= 0.6 is 0 Å². The summed E-state index contributed by atoms with van der Waals surface area (Å²) in [6, 6.07) is 15.3. The maximum absolute atomic E-state index is 13.0. The lowest BCUT2D eigenvalue weighted by molar-refractivity contribution is -0.133. The first-order chi connectivity index (χ1) is 22.4. The highest BCUT2D eigenvalue weighted by Crippen LogP contribution is 2.43. The number of hydrogen-bond donors (Lipinski definition) is 3. The molecule has 8 rings (SSSR count). The molecule has 5 heterocycles. The maximum Gasteiger partial charge on any atom is 0.407 e. The third-order valence-corrected chi connectivity index (χ3v) is 9.95. The number of ether oxygens (including phenoxy) is 2. The number of fused-ring (bicyclic) bond motifs is 6. The van der Waals surface area contributed by atoms with Crippen LogP contribution in [0.3, 0.4) is 0 Å². The highest BCUT2D eigenvalue weighted by molar-refractivity contribution is 6.07. The third-order valence-electron chi connectivity index (χ3n) is 9.95. The fourth-order valence-corrected chi connectivity index (χ4v) is 7.53. The van der Waals surface area contributed by atoms with Crippen molar-refractivity contribution in [2.45, 2.75) is 57.3 Å². The number of carbonyl (C=O) groups is 2. The summed E-state index contributed by atoms with van der Waals surface area (Å²) in [7, 11) is 3.45. The number of imidazole rings is 2. The number of benzene rings is 3. The zero-order chi connectivity index (χ0) is 31.5. The molecule has 11 heteroatoms. The monoisotopic (exact) mass is 619 g/mol. The third kappa shape index (κ3) is 4.77. The molecule has 2 unspecified atom stereocenters. The molecule has 3 aliphatic rings. The van der Waals surface area contributed by atoms with Crippen LogP contribution in [0, 0.1) is 0 Å². The largest absolute Gasteiger partial charge is 0.488 e. The predicted molar refractivity (Wildman–Crippen MR) is 174 cm³/mol. The lowest BCUT2D eigenvalue weighted by Gasteiger charge is -2.27. The van der Waals surface area contributed by atoms with Crippen LogP contribution in [0.5, 0.6) is 5.75 Å². The van der Waals surface area contributed by atoms with Crippen molar-refractivity contribution in [3.8, 4) is 28.1 Å². The van der Waals surface area contributed by atoms with Gasteiger partial charge in [-0.25, -0.2) is 14.8 Å². The number of hydrogen-bond acceptors (Lipinski definition) is 7. The molecule has 11 nitrogen and oxygen atoms in total. The van der Waals surface area contributed by atoms with Gasteiger partial charge in [-0.1, -0.05) is 18.2 Å². The molecule has 3 N–H and O–H groups in total. The first-order valence-corrected chi connectivity index (χ1v) is 16.0. The van der Waals surface area contributed by atoms with E-state index in [2.05, 4.69) is 79.4 Å². The van der Waals surface area contributed by atoms with E-state index in [0.29, 0.717) is 12.6 Å². The number of H-pyrrole nitrogens is 2. The van der Waals surface area contributed by atoms with Gasteiger partial charge in [0.05, 0.1) is 42.1 Å². The van der Waals surface area contributed by atoms with Gasteiger partial charge in [-0.3, -0.25) is 9.69 Å². The number of methoxy groups -OCH3 is 1. The second kappa shape index (κ2) is 11.2. The highest BCUT2D eigenvalue weighted by atomic mass is 16.5. The van der Waals surface area contributed by atoms with Crippen LogP contribution in [0.15, 0.2) is 48.7 Å². The topological polar surface area (TPSA) is 128 Å². The zero-order valence-corrected chi connectivity index (χ0v) is 26.2. The quantitative estimate of drug-likeness (QED) is 0.226. The Hall–Kier alpha value is -4.90. The lowest BCUT2D eigenvalue weighted by Crippen LogP contribution is -2.43. The lowest BCUT2D eigenvalue weighted by atomic mass is 9.92. The Morgan fingerprint density at radius 1 is 1.04 bits per heavy atom. The number of carbonyl (C=O) groups excluding carboxylic acids is 2. The average Bonchev–Trinajstić information content (AvgIpc) is 3.88. The normalized spacial score (nSPS) is 20.9. The van der Waals surface area contributed by atoms with Crippen molar-refractivity contribution in [1.82, 2.24) is 35.1 Å². The van der Waals surface area contributed by atoms with E-state index in [0.717, 1.165) is 93.0 Å². The van der Waals surface area contributed by atoms with Gasteiger partial charge in [0.25, 0.3) is 0 Å². The molecule has 3 atom stereocenters. The van der Waals surface area contributed by atoms with Gasteiger partial charge in [-0.15, -0.1) is 0 Å². The van der Waals surface area contributed by atoms with E-state index >= 15 is 0 Å². The Bertz CT molecular complexity index is 2000. The van der Waals surface area contributed by atoms with Gasteiger partial charge in [0.1, 0.15) is 30.5 Å². The molecule has 2 saturated heterocycles. The number of alkyl carbamates (subject to hydrolysis) is 1. The van der Waals surface area contributed by atoms with E-state index in [1.807, 2.05) is 18.0 Å². The summed E-state index contributed by atoms with van der Waals surface area (Å²) in [6.07, 6.45) is 5.18. The van der Waals surface area contributed by atoms with Crippen molar-refractivity contribution >= 4 is 33.8 Å². The molecule has 2 amide bonds. The van der Waals surface area contributed by atoms with Gasteiger partial charge < -0.3 is 29.7 Å². The molecule has 236 valence electrons. The summed E-state index contributed by atoms with van der Waals surface area (Å²) in [4.78, 5) is 45.5. The number of aromatic nitrogens is 4. The molecule has 3 aromatic carbocycles. The zero-order valence-electron chi connectivity index (χ0n) is 26.2. The highest BCUT2D eigenvalue weighted by Gasteiger charge is 2.37. The molecule has 2 fully saturated rings. The van der Waals surface area contributed by atoms with Gasteiger partial charge >= 0.3 is 6.09 Å². The summed E-state index contributed by atoms with van der Waals surface area (Å²) in [5.74, 6) is 2.49. The van der Waals surface area contributed by atoms with Gasteiger partial charge in [0.15, 0.2) is 0 Å². The smallest absolute Gasteiger partial charge is 0.407 e. The van der Waals surface area contributed by atoms with E-state index in [4.69, 9.17) is 9.72 Å². The van der Waals surface area contributed by atoms with E-state index in [9.17, 15) is 9.59 Å². The van der Waals surface area contributed by atoms with Crippen LogP contribution < -0.4 is 10.1 Å². The second-order valence-corrected chi connectivity index (χ2v) is 12.7. The fourth-order valence-electron chi connectivity index (χ4n) is 7.53. The standard InChI is InChI=1S/C35H37N7O4/c1-19-6-11-29(42(19)31(43)17-37-35(44)45-3)33-36-16-27(39-33)21-7-9-23-22(13-21)18-46-30-15-24-20(14-25(23)30)8-10-26-32(24)40-34(38-26)28-5-4-12-41(28)2/h7-10,13-16,19,28-29H,4-6,11-12,17-18H2,1-3H3,(H,36,39)(H,37,44)(H,38,40)/t19-,28?,29?/m0/s1. The molecule has 5 aromatic rings. The number of rotatable bonds is 5. The maximum atomic E-state index is 13.0. The van der Waals surface area contributed by atoms with Gasteiger partial charge in [-0.05, 0) is 92.5 Å². The van der Waals surface area contributed by atoms with Crippen LogP contribution in [0.1, 0.15) is 61.9 Å². The number of likely N-dealkylation sites (tertiary alicyclic amines) is 2. The van der Waals surface area contributed by atoms with Crippen LogP contribution in [0.4, 0.5) is 4.79 Å². The fraction of sp³-hybridized carbons (Fsp3) is 0.371. The van der Waals surface area contributed by atoms with Crippen molar-refractivity contribution < 1.29 is 19.1 Å². The molecular formula is C35H37N7O4. The summed E-state index contributed by atoms with van der Waals surface area (Å²) in [5.41, 5.74) is 7.28. The number of amides is 2. The van der Waals surface area contributed by atoms with Gasteiger partial charge in [-0.2, -0.15) is 0 Å². The Morgan fingerprint density at radius 2 is 1.93 bits per heavy atom. The first kappa shape index (κ1) is 28.6. The number of nitrogens with zero attached hydrogens (tertiary/aromatic N) is 4. The van der Waals surface area contributed by atoms with Crippen molar-refractivity contribution in [2.75, 3.05) is 27.2 Å². The van der Waals surface area contributed by atoms with Crippen LogP contribution in [0.2, 0.25) is 0 Å². The molecule has 0 bridgehead atoms. The predicted octanol–water partition coefficient (Wildman–Crippen LogP) is 5.84. The van der Waals surface area contributed by atoms with Crippen LogP contribution in [-0.4, -0.2) is 75.0 Å². The minimum Gasteiger partial charge on any atom is -0.488 e. The summed E-state index contributed by atoms with van der Waals surface area (Å²) < 4.78 is 11.0. The Balaban J connectivity index is 1.06.